The molecule has 2 rings (SSSR count). The second kappa shape index (κ2) is 12.9. The van der Waals surface area contributed by atoms with Crippen molar-refractivity contribution < 1.29 is 4.79 Å². The quantitative estimate of drug-likeness (QED) is 0.215. The number of rotatable bonds is 7. The van der Waals surface area contributed by atoms with Crippen molar-refractivity contribution in [2.75, 3.05) is 20.6 Å². The van der Waals surface area contributed by atoms with Gasteiger partial charge >= 0.3 is 0 Å². The lowest BCUT2D eigenvalue weighted by atomic mass is 10.1. The third-order valence-electron chi connectivity index (χ3n) is 4.03. The molecule has 5 nitrogen and oxygen atoms in total. The number of nitrogens with one attached hydrogen (secondary N) is 3. The molecule has 3 N–H and O–H groups in total. The SMILES string of the molecule is CN=C(NCCCc1ccc(Cl)cc1Cl)NCc1cccc(C(=O)NC)c1.I. The molecule has 0 saturated heterocycles. The number of hydrogen-bond acceptors (Lipinski definition) is 2. The highest BCUT2D eigenvalue weighted by atomic mass is 127. The Bertz CT molecular complexity index is 815. The standard InChI is InChI=1S/C20H24Cl2N4O.HI/c1-23-19(27)16-6-3-5-14(11-16)13-26-20(24-2)25-10-4-7-15-8-9-17(21)12-18(15)22;/h3,5-6,8-9,11-12H,4,7,10,13H2,1-2H3,(H,23,27)(H2,24,25,26);1H. The number of aryl methyl sites for hydroxylation is 1. The van der Waals surface area contributed by atoms with Gasteiger partial charge in [0.15, 0.2) is 5.96 Å². The fourth-order valence-electron chi connectivity index (χ4n) is 2.58. The van der Waals surface area contributed by atoms with E-state index in [1.807, 2.05) is 30.3 Å². The molecular weight excluding hydrogens is 510 g/mol. The van der Waals surface area contributed by atoms with Crippen LogP contribution in [-0.2, 0) is 13.0 Å². The number of carbonyl (C=O) groups is 1. The van der Waals surface area contributed by atoms with Gasteiger partial charge in [-0.3, -0.25) is 9.79 Å². The van der Waals surface area contributed by atoms with Crippen molar-refractivity contribution in [2.45, 2.75) is 19.4 Å². The lowest BCUT2D eigenvalue weighted by Gasteiger charge is -2.13. The third kappa shape index (κ3) is 7.85. The van der Waals surface area contributed by atoms with Crippen LogP contribution >= 0.6 is 47.2 Å². The molecule has 0 saturated carbocycles. The van der Waals surface area contributed by atoms with Crippen LogP contribution in [0.25, 0.3) is 0 Å². The van der Waals surface area contributed by atoms with Gasteiger partial charge in [0.25, 0.3) is 5.91 Å². The van der Waals surface area contributed by atoms with Crippen molar-refractivity contribution >= 4 is 59.0 Å². The Morgan fingerprint density at radius 2 is 1.89 bits per heavy atom. The van der Waals surface area contributed by atoms with Gasteiger partial charge in [-0.1, -0.05) is 41.4 Å². The van der Waals surface area contributed by atoms with Gasteiger partial charge in [0.2, 0.25) is 0 Å². The van der Waals surface area contributed by atoms with Crippen LogP contribution in [0, 0.1) is 0 Å². The summed E-state index contributed by atoms with van der Waals surface area (Å²) in [6, 6.07) is 13.1. The van der Waals surface area contributed by atoms with Gasteiger partial charge in [-0.25, -0.2) is 0 Å². The van der Waals surface area contributed by atoms with E-state index in [0.717, 1.165) is 30.5 Å². The molecule has 0 aliphatic carbocycles. The van der Waals surface area contributed by atoms with E-state index in [2.05, 4.69) is 20.9 Å². The number of guanidine groups is 1. The molecular formula is C20H25Cl2IN4O. The maximum atomic E-state index is 11.7. The van der Waals surface area contributed by atoms with Crippen molar-refractivity contribution in [3.8, 4) is 0 Å². The van der Waals surface area contributed by atoms with Crippen LogP contribution in [0.3, 0.4) is 0 Å². The molecule has 0 unspecified atom stereocenters. The smallest absolute Gasteiger partial charge is 0.251 e. The number of hydrogen-bond donors (Lipinski definition) is 3. The molecule has 0 atom stereocenters. The summed E-state index contributed by atoms with van der Waals surface area (Å²) in [6.45, 7) is 1.34. The zero-order valence-corrected chi connectivity index (χ0v) is 19.7. The molecule has 0 aromatic heterocycles. The fraction of sp³-hybridized carbons (Fsp3) is 0.300. The first kappa shape index (κ1) is 24.5. The number of nitrogens with zero attached hydrogens (tertiary/aromatic N) is 1. The van der Waals surface area contributed by atoms with Crippen LogP contribution < -0.4 is 16.0 Å². The summed E-state index contributed by atoms with van der Waals surface area (Å²) < 4.78 is 0. The first-order valence-corrected chi connectivity index (χ1v) is 9.48. The molecule has 0 bridgehead atoms. The molecule has 0 aliphatic heterocycles. The lowest BCUT2D eigenvalue weighted by Crippen LogP contribution is -2.37. The Morgan fingerprint density at radius 3 is 2.57 bits per heavy atom. The molecule has 0 aliphatic rings. The van der Waals surface area contributed by atoms with Crippen molar-refractivity contribution in [2.24, 2.45) is 4.99 Å². The minimum Gasteiger partial charge on any atom is -0.356 e. The Hall–Kier alpha value is -1.51. The summed E-state index contributed by atoms with van der Waals surface area (Å²) in [7, 11) is 3.35. The summed E-state index contributed by atoms with van der Waals surface area (Å²) >= 11 is 12.1. The molecule has 2 aromatic carbocycles. The Labute approximate surface area is 193 Å². The van der Waals surface area contributed by atoms with Gasteiger partial charge in [-0.05, 0) is 48.2 Å². The largest absolute Gasteiger partial charge is 0.356 e. The highest BCUT2D eigenvalue weighted by Gasteiger charge is 2.05. The fourth-order valence-corrected chi connectivity index (χ4v) is 3.09. The summed E-state index contributed by atoms with van der Waals surface area (Å²) in [5, 5.41) is 10.5. The Kier molecular flexibility index (Phi) is 11.3. The van der Waals surface area contributed by atoms with E-state index in [-0.39, 0.29) is 29.9 Å². The van der Waals surface area contributed by atoms with Gasteiger partial charge in [0.05, 0.1) is 0 Å². The zero-order chi connectivity index (χ0) is 19.6. The van der Waals surface area contributed by atoms with Crippen LogP contribution in [0.2, 0.25) is 10.0 Å². The van der Waals surface area contributed by atoms with Gasteiger partial charge in [-0.15, -0.1) is 24.0 Å². The number of halogens is 3. The normalized spacial score (nSPS) is 10.8. The summed E-state index contributed by atoms with van der Waals surface area (Å²) in [5.74, 6) is 0.614. The van der Waals surface area contributed by atoms with Gasteiger partial charge in [0, 0.05) is 42.8 Å². The molecule has 8 heteroatoms. The summed E-state index contributed by atoms with van der Waals surface area (Å²) in [4.78, 5) is 15.9. The van der Waals surface area contributed by atoms with E-state index < -0.39 is 0 Å². The van der Waals surface area contributed by atoms with Crippen LogP contribution in [0.4, 0.5) is 0 Å². The second-order valence-electron chi connectivity index (χ2n) is 5.97. The highest BCUT2D eigenvalue weighted by Crippen LogP contribution is 2.21. The van der Waals surface area contributed by atoms with Crippen molar-refractivity contribution in [1.82, 2.24) is 16.0 Å². The van der Waals surface area contributed by atoms with Crippen LogP contribution in [-0.4, -0.2) is 32.5 Å². The van der Waals surface area contributed by atoms with Crippen molar-refractivity contribution in [3.05, 3.63) is 69.2 Å². The molecule has 152 valence electrons. The summed E-state index contributed by atoms with van der Waals surface area (Å²) in [6.07, 6.45) is 1.77. The highest BCUT2D eigenvalue weighted by molar-refractivity contribution is 14.0. The van der Waals surface area contributed by atoms with E-state index in [4.69, 9.17) is 23.2 Å². The van der Waals surface area contributed by atoms with E-state index in [0.29, 0.717) is 28.1 Å². The average molecular weight is 535 g/mol. The minimum absolute atomic E-state index is 0. The summed E-state index contributed by atoms with van der Waals surface area (Å²) in [5.41, 5.74) is 2.73. The van der Waals surface area contributed by atoms with E-state index in [9.17, 15) is 4.79 Å². The molecule has 2 aromatic rings. The number of aliphatic imine (C=N–C) groups is 1. The maximum absolute atomic E-state index is 11.7. The van der Waals surface area contributed by atoms with E-state index >= 15 is 0 Å². The Morgan fingerprint density at radius 1 is 1.11 bits per heavy atom. The number of carbonyl (C=O) groups excluding carboxylic acids is 1. The first-order chi connectivity index (χ1) is 13.0. The van der Waals surface area contributed by atoms with Crippen LogP contribution in [0.15, 0.2) is 47.5 Å². The van der Waals surface area contributed by atoms with Crippen molar-refractivity contribution in [3.63, 3.8) is 0 Å². The first-order valence-electron chi connectivity index (χ1n) is 8.73. The van der Waals surface area contributed by atoms with Gasteiger partial charge in [0.1, 0.15) is 0 Å². The Balaban J connectivity index is 0.00000392. The second-order valence-corrected chi connectivity index (χ2v) is 6.81. The topological polar surface area (TPSA) is 65.5 Å². The molecule has 0 radical (unpaired) electrons. The number of benzene rings is 2. The third-order valence-corrected chi connectivity index (χ3v) is 4.62. The molecule has 1 amide bonds. The van der Waals surface area contributed by atoms with Crippen LogP contribution in [0.1, 0.15) is 27.9 Å². The zero-order valence-electron chi connectivity index (χ0n) is 15.9. The van der Waals surface area contributed by atoms with Gasteiger partial charge < -0.3 is 16.0 Å². The molecule has 0 heterocycles. The van der Waals surface area contributed by atoms with E-state index in [1.165, 1.54) is 0 Å². The minimum atomic E-state index is -0.0970. The monoisotopic (exact) mass is 534 g/mol. The predicted octanol–water partition coefficient (Wildman–Crippen LogP) is 4.27. The lowest BCUT2D eigenvalue weighted by molar-refractivity contribution is 0.0963. The molecule has 0 fully saturated rings. The number of amides is 1. The molecule has 28 heavy (non-hydrogen) atoms. The molecule has 0 spiro atoms. The average Bonchev–Trinajstić information content (AvgIpc) is 2.68. The van der Waals surface area contributed by atoms with Crippen molar-refractivity contribution in [1.29, 1.82) is 0 Å². The van der Waals surface area contributed by atoms with Crippen LogP contribution in [0.5, 0.6) is 0 Å². The van der Waals surface area contributed by atoms with E-state index in [1.54, 1.807) is 26.2 Å². The van der Waals surface area contributed by atoms with Gasteiger partial charge in [-0.2, -0.15) is 0 Å². The predicted molar refractivity (Wildman–Crippen MR) is 128 cm³/mol. The maximum Gasteiger partial charge on any atom is 0.251 e.